The number of piperazine rings is 1. The Labute approximate surface area is 166 Å². The minimum absolute atomic E-state index is 0.114. The van der Waals surface area contributed by atoms with Gasteiger partial charge in [0.05, 0.1) is 0 Å². The highest BCUT2D eigenvalue weighted by atomic mass is 16.6. The second-order valence-electron chi connectivity index (χ2n) is 7.26. The summed E-state index contributed by atoms with van der Waals surface area (Å²) < 4.78 is 11.4. The molecule has 2 aliphatic heterocycles. The summed E-state index contributed by atoms with van der Waals surface area (Å²) in [5.74, 6) is 1.21. The van der Waals surface area contributed by atoms with Crippen LogP contribution in [0.15, 0.2) is 54.6 Å². The average molecular weight is 381 g/mol. The molecule has 1 N–H and O–H groups in total. The summed E-state index contributed by atoms with van der Waals surface area (Å²) in [6, 6.07) is 18.0. The molecule has 0 spiro atoms. The van der Waals surface area contributed by atoms with Crippen LogP contribution in [0.1, 0.15) is 5.56 Å². The van der Waals surface area contributed by atoms with Gasteiger partial charge in [0.25, 0.3) is 5.91 Å². The number of fused-ring (bicyclic) bond motifs is 1. The topological polar surface area (TPSA) is 54.0 Å². The van der Waals surface area contributed by atoms with E-state index in [1.165, 1.54) is 5.56 Å². The molecule has 1 atom stereocenters. The standard InChI is InChI=1S/C22H27N3O3/c26-22(21-17-27-19-8-4-5-9-20(19)28-21)23-10-11-24-12-14-25(15-13-24)16-18-6-2-1-3-7-18/h1-9,21H,10-17H2,(H,23,26). The molecule has 1 unspecified atom stereocenters. The Balaban J connectivity index is 1.15. The van der Waals surface area contributed by atoms with Gasteiger partial charge in [-0.1, -0.05) is 42.5 Å². The van der Waals surface area contributed by atoms with Crippen molar-refractivity contribution < 1.29 is 14.3 Å². The zero-order valence-corrected chi connectivity index (χ0v) is 16.0. The Morgan fingerprint density at radius 2 is 1.61 bits per heavy atom. The van der Waals surface area contributed by atoms with Gasteiger partial charge in [-0.15, -0.1) is 0 Å². The molecular formula is C22H27N3O3. The predicted molar refractivity (Wildman–Crippen MR) is 108 cm³/mol. The normalized spacial score (nSPS) is 19.9. The van der Waals surface area contributed by atoms with Crippen molar-refractivity contribution in [2.75, 3.05) is 45.9 Å². The van der Waals surface area contributed by atoms with E-state index in [4.69, 9.17) is 9.47 Å². The Morgan fingerprint density at radius 3 is 2.39 bits per heavy atom. The number of hydrogen-bond donors (Lipinski definition) is 1. The van der Waals surface area contributed by atoms with Gasteiger partial charge >= 0.3 is 0 Å². The number of nitrogens with one attached hydrogen (secondary N) is 1. The van der Waals surface area contributed by atoms with Crippen LogP contribution in [0.3, 0.4) is 0 Å². The molecule has 2 heterocycles. The summed E-state index contributed by atoms with van der Waals surface area (Å²) in [4.78, 5) is 17.2. The van der Waals surface area contributed by atoms with Gasteiger partial charge in [0.15, 0.2) is 11.5 Å². The molecule has 1 saturated heterocycles. The van der Waals surface area contributed by atoms with E-state index in [0.717, 1.165) is 39.3 Å². The molecule has 0 bridgehead atoms. The van der Waals surface area contributed by atoms with Crippen molar-refractivity contribution in [1.29, 1.82) is 0 Å². The maximum atomic E-state index is 12.4. The van der Waals surface area contributed by atoms with Crippen LogP contribution in [0.2, 0.25) is 0 Å². The lowest BCUT2D eigenvalue weighted by Gasteiger charge is -2.34. The van der Waals surface area contributed by atoms with Gasteiger partial charge in [0.2, 0.25) is 6.10 Å². The maximum absolute atomic E-state index is 12.4. The summed E-state index contributed by atoms with van der Waals surface area (Å²) >= 11 is 0. The molecule has 6 nitrogen and oxygen atoms in total. The highest BCUT2D eigenvalue weighted by molar-refractivity contribution is 5.81. The Kier molecular flexibility index (Phi) is 6.09. The van der Waals surface area contributed by atoms with Crippen LogP contribution in [0, 0.1) is 0 Å². The molecule has 0 saturated carbocycles. The van der Waals surface area contributed by atoms with Gasteiger partial charge in [-0.05, 0) is 17.7 Å². The van der Waals surface area contributed by atoms with E-state index in [9.17, 15) is 4.79 Å². The van der Waals surface area contributed by atoms with Crippen molar-refractivity contribution in [1.82, 2.24) is 15.1 Å². The zero-order valence-electron chi connectivity index (χ0n) is 16.0. The molecule has 6 heteroatoms. The quantitative estimate of drug-likeness (QED) is 0.826. The molecule has 148 valence electrons. The number of amides is 1. The van der Waals surface area contributed by atoms with E-state index in [1.54, 1.807) is 0 Å². The second kappa shape index (κ2) is 9.08. The summed E-state index contributed by atoms with van der Waals surface area (Å²) in [5.41, 5.74) is 1.36. The zero-order chi connectivity index (χ0) is 19.2. The number of nitrogens with zero attached hydrogens (tertiary/aromatic N) is 2. The number of carbonyl (C=O) groups excluding carboxylic acids is 1. The van der Waals surface area contributed by atoms with E-state index in [-0.39, 0.29) is 12.5 Å². The molecule has 2 aliphatic rings. The van der Waals surface area contributed by atoms with Crippen LogP contribution in [0.5, 0.6) is 11.5 Å². The first-order valence-electron chi connectivity index (χ1n) is 9.93. The lowest BCUT2D eigenvalue weighted by atomic mass is 10.2. The van der Waals surface area contributed by atoms with Crippen LogP contribution in [0.25, 0.3) is 0 Å². The van der Waals surface area contributed by atoms with Gasteiger partial charge in [-0.3, -0.25) is 14.6 Å². The van der Waals surface area contributed by atoms with Crippen molar-refractivity contribution in [3.63, 3.8) is 0 Å². The fourth-order valence-corrected chi connectivity index (χ4v) is 3.61. The first kappa shape index (κ1) is 18.8. The minimum Gasteiger partial charge on any atom is -0.485 e. The molecule has 1 fully saturated rings. The molecule has 2 aromatic rings. The predicted octanol–water partition coefficient (Wildman–Crippen LogP) is 1.76. The SMILES string of the molecule is O=C(NCCN1CCN(Cc2ccccc2)CC1)C1COc2ccccc2O1. The van der Waals surface area contributed by atoms with E-state index in [2.05, 4.69) is 45.4 Å². The number of hydrogen-bond acceptors (Lipinski definition) is 5. The molecule has 2 aromatic carbocycles. The molecule has 1 amide bonds. The van der Waals surface area contributed by atoms with Crippen molar-refractivity contribution in [2.24, 2.45) is 0 Å². The van der Waals surface area contributed by atoms with E-state index >= 15 is 0 Å². The third-order valence-electron chi connectivity index (χ3n) is 5.24. The minimum atomic E-state index is -0.586. The largest absolute Gasteiger partial charge is 0.485 e. The Morgan fingerprint density at radius 1 is 0.929 bits per heavy atom. The van der Waals surface area contributed by atoms with Crippen LogP contribution in [0.4, 0.5) is 0 Å². The number of rotatable bonds is 6. The lowest BCUT2D eigenvalue weighted by molar-refractivity contribution is -0.130. The van der Waals surface area contributed by atoms with Crippen molar-refractivity contribution in [2.45, 2.75) is 12.6 Å². The number of carbonyl (C=O) groups is 1. The average Bonchev–Trinajstić information content (AvgIpc) is 2.75. The van der Waals surface area contributed by atoms with E-state index in [1.807, 2.05) is 24.3 Å². The van der Waals surface area contributed by atoms with Crippen molar-refractivity contribution >= 4 is 5.91 Å². The van der Waals surface area contributed by atoms with Crippen LogP contribution < -0.4 is 14.8 Å². The van der Waals surface area contributed by atoms with Crippen LogP contribution >= 0.6 is 0 Å². The van der Waals surface area contributed by atoms with Gasteiger partial charge in [-0.2, -0.15) is 0 Å². The van der Waals surface area contributed by atoms with E-state index < -0.39 is 6.10 Å². The van der Waals surface area contributed by atoms with Crippen molar-refractivity contribution in [3.05, 3.63) is 60.2 Å². The number of para-hydroxylation sites is 2. The fraction of sp³-hybridized carbons (Fsp3) is 0.409. The maximum Gasteiger partial charge on any atom is 0.264 e. The van der Waals surface area contributed by atoms with Gasteiger partial charge in [0.1, 0.15) is 6.61 Å². The van der Waals surface area contributed by atoms with Crippen molar-refractivity contribution in [3.8, 4) is 11.5 Å². The fourth-order valence-electron chi connectivity index (χ4n) is 3.61. The lowest BCUT2D eigenvalue weighted by Crippen LogP contribution is -2.49. The summed E-state index contributed by atoms with van der Waals surface area (Å²) in [5, 5.41) is 2.98. The summed E-state index contributed by atoms with van der Waals surface area (Å²) in [7, 11) is 0. The van der Waals surface area contributed by atoms with Crippen LogP contribution in [-0.4, -0.2) is 67.7 Å². The molecular weight excluding hydrogens is 354 g/mol. The van der Waals surface area contributed by atoms with Gasteiger partial charge < -0.3 is 14.8 Å². The Bertz CT molecular complexity index is 776. The monoisotopic (exact) mass is 381 g/mol. The third-order valence-corrected chi connectivity index (χ3v) is 5.24. The first-order valence-corrected chi connectivity index (χ1v) is 9.93. The molecule has 0 aliphatic carbocycles. The van der Waals surface area contributed by atoms with Crippen LogP contribution in [-0.2, 0) is 11.3 Å². The third kappa shape index (κ3) is 4.82. The highest BCUT2D eigenvalue weighted by Crippen LogP contribution is 2.30. The molecule has 0 radical (unpaired) electrons. The molecule has 0 aromatic heterocycles. The second-order valence-corrected chi connectivity index (χ2v) is 7.26. The number of benzene rings is 2. The van der Waals surface area contributed by atoms with Gasteiger partial charge in [-0.25, -0.2) is 0 Å². The molecule has 28 heavy (non-hydrogen) atoms. The highest BCUT2D eigenvalue weighted by Gasteiger charge is 2.27. The summed E-state index contributed by atoms with van der Waals surface area (Å²) in [6.07, 6.45) is -0.586. The van der Waals surface area contributed by atoms with Gasteiger partial charge in [0, 0.05) is 45.8 Å². The summed E-state index contributed by atoms with van der Waals surface area (Å²) in [6.45, 7) is 6.90. The Hall–Kier alpha value is -2.57. The smallest absolute Gasteiger partial charge is 0.264 e. The van der Waals surface area contributed by atoms with E-state index in [0.29, 0.717) is 18.0 Å². The first-order chi connectivity index (χ1) is 13.8. The number of ether oxygens (including phenoxy) is 2. The molecule has 4 rings (SSSR count).